The molecular weight excluding hydrogens is 389 g/mol. The van der Waals surface area contributed by atoms with E-state index in [0.29, 0.717) is 16.5 Å². The number of hydrogen-bond acceptors (Lipinski definition) is 5. The Kier molecular flexibility index (Phi) is 6.84. The van der Waals surface area contributed by atoms with Gasteiger partial charge in [0.05, 0.1) is 5.75 Å². The Hall–Kier alpha value is -2.48. The molecule has 0 aliphatic heterocycles. The van der Waals surface area contributed by atoms with Crippen LogP contribution in [0.3, 0.4) is 0 Å². The second-order valence-corrected chi connectivity index (χ2v) is 8.04. The van der Waals surface area contributed by atoms with Gasteiger partial charge in [-0.05, 0) is 38.3 Å². The van der Waals surface area contributed by atoms with Crippen LogP contribution in [-0.4, -0.2) is 43.2 Å². The van der Waals surface area contributed by atoms with Crippen molar-refractivity contribution in [3.05, 3.63) is 52.6 Å². The zero-order valence-electron chi connectivity index (χ0n) is 17.3. The highest BCUT2D eigenvalue weighted by atomic mass is 32.2. The van der Waals surface area contributed by atoms with E-state index < -0.39 is 0 Å². The minimum Gasteiger partial charge on any atom is -0.341 e. The summed E-state index contributed by atoms with van der Waals surface area (Å²) in [4.78, 5) is 23.0. The van der Waals surface area contributed by atoms with Gasteiger partial charge in [-0.3, -0.25) is 4.79 Å². The Bertz CT molecular complexity index is 1020. The summed E-state index contributed by atoms with van der Waals surface area (Å²) in [6.07, 6.45) is 3.20. The van der Waals surface area contributed by atoms with E-state index in [0.717, 1.165) is 30.7 Å². The second kappa shape index (κ2) is 9.35. The van der Waals surface area contributed by atoms with Crippen LogP contribution in [0.25, 0.3) is 5.78 Å². The first-order valence-electron chi connectivity index (χ1n) is 9.73. The molecule has 0 aliphatic rings. The number of carbonyl (C=O) groups excluding carboxylic acids is 1. The molecule has 0 fully saturated rings. The average Bonchev–Trinajstić information content (AvgIpc) is 3.10. The van der Waals surface area contributed by atoms with Crippen molar-refractivity contribution in [3.8, 4) is 0 Å². The first-order chi connectivity index (χ1) is 13.9. The van der Waals surface area contributed by atoms with Crippen LogP contribution in [-0.2, 0) is 17.8 Å². The van der Waals surface area contributed by atoms with Crippen molar-refractivity contribution in [2.75, 3.05) is 12.8 Å². The third kappa shape index (κ3) is 4.93. The summed E-state index contributed by atoms with van der Waals surface area (Å²) in [5.74, 6) is 0.317. The lowest BCUT2D eigenvalue weighted by atomic mass is 10.1. The van der Waals surface area contributed by atoms with Crippen molar-refractivity contribution in [2.45, 2.75) is 51.7 Å². The van der Waals surface area contributed by atoms with Gasteiger partial charge in [-0.15, -0.1) is 5.10 Å². The third-order valence-electron chi connectivity index (χ3n) is 4.93. The Morgan fingerprint density at radius 2 is 2.00 bits per heavy atom. The van der Waals surface area contributed by atoms with E-state index in [1.54, 1.807) is 29.8 Å². The summed E-state index contributed by atoms with van der Waals surface area (Å²) >= 11 is 1.27. The molecule has 0 saturated carbocycles. The summed E-state index contributed by atoms with van der Waals surface area (Å²) in [7, 11) is 1.67. The van der Waals surface area contributed by atoms with E-state index in [4.69, 9.17) is 0 Å². The molecule has 2 heterocycles. The standard InChI is InChI=1S/C21H26FN5OS/c1-5-6-10-17-14(2)23-20-24-21(25-27(20)15(17)3)29-13-19(28)26(4)12-16-9-7-8-11-18(16)22/h7-9,11H,5-6,10,12-13H2,1-4H3. The number of unbranched alkanes of at least 4 members (excludes halogenated alkanes) is 1. The molecule has 0 saturated heterocycles. The quantitative estimate of drug-likeness (QED) is 0.521. The SMILES string of the molecule is CCCCc1c(C)nc2nc(SCC(=O)N(C)Cc3ccccc3F)nn2c1C. The highest BCUT2D eigenvalue weighted by Crippen LogP contribution is 2.20. The Balaban J connectivity index is 1.68. The molecule has 29 heavy (non-hydrogen) atoms. The number of hydrogen-bond donors (Lipinski definition) is 0. The molecule has 0 unspecified atom stereocenters. The third-order valence-corrected chi connectivity index (χ3v) is 5.75. The molecule has 0 bridgehead atoms. The maximum atomic E-state index is 13.8. The van der Waals surface area contributed by atoms with Crippen molar-refractivity contribution >= 4 is 23.4 Å². The molecule has 3 rings (SSSR count). The Morgan fingerprint density at radius 3 is 2.72 bits per heavy atom. The lowest BCUT2D eigenvalue weighted by Gasteiger charge is -2.17. The Morgan fingerprint density at radius 1 is 1.24 bits per heavy atom. The van der Waals surface area contributed by atoms with Gasteiger partial charge < -0.3 is 4.90 Å². The van der Waals surface area contributed by atoms with Crippen LogP contribution in [0.5, 0.6) is 0 Å². The fourth-order valence-electron chi connectivity index (χ4n) is 3.17. The maximum Gasteiger partial charge on any atom is 0.253 e. The van der Waals surface area contributed by atoms with E-state index >= 15 is 0 Å². The van der Waals surface area contributed by atoms with E-state index in [2.05, 4.69) is 22.0 Å². The minimum absolute atomic E-state index is 0.110. The van der Waals surface area contributed by atoms with Crippen molar-refractivity contribution in [2.24, 2.45) is 0 Å². The molecule has 0 spiro atoms. The van der Waals surface area contributed by atoms with Gasteiger partial charge >= 0.3 is 0 Å². The summed E-state index contributed by atoms with van der Waals surface area (Å²) in [6, 6.07) is 6.48. The van der Waals surface area contributed by atoms with Crippen molar-refractivity contribution in [1.29, 1.82) is 0 Å². The molecule has 0 atom stereocenters. The molecule has 1 aromatic carbocycles. The van der Waals surface area contributed by atoms with Gasteiger partial charge in [0.15, 0.2) is 0 Å². The largest absolute Gasteiger partial charge is 0.341 e. The normalized spacial score (nSPS) is 11.2. The number of benzene rings is 1. The smallest absolute Gasteiger partial charge is 0.253 e. The fraction of sp³-hybridized carbons (Fsp3) is 0.429. The van der Waals surface area contributed by atoms with Crippen molar-refractivity contribution < 1.29 is 9.18 Å². The van der Waals surface area contributed by atoms with E-state index in [1.807, 2.05) is 13.8 Å². The zero-order chi connectivity index (χ0) is 21.0. The highest BCUT2D eigenvalue weighted by molar-refractivity contribution is 7.99. The number of rotatable bonds is 8. The highest BCUT2D eigenvalue weighted by Gasteiger charge is 2.16. The fourth-order valence-corrected chi connectivity index (χ4v) is 3.93. The zero-order valence-corrected chi connectivity index (χ0v) is 18.1. The van der Waals surface area contributed by atoms with Crippen LogP contribution in [0, 0.1) is 19.7 Å². The van der Waals surface area contributed by atoms with Crippen LogP contribution < -0.4 is 0 Å². The van der Waals surface area contributed by atoms with Crippen LogP contribution in [0.4, 0.5) is 4.39 Å². The van der Waals surface area contributed by atoms with Crippen LogP contribution in [0.1, 0.15) is 42.3 Å². The van der Waals surface area contributed by atoms with E-state index in [-0.39, 0.29) is 24.0 Å². The lowest BCUT2D eigenvalue weighted by Crippen LogP contribution is -2.28. The van der Waals surface area contributed by atoms with Crippen LogP contribution >= 0.6 is 11.8 Å². The number of fused-ring (bicyclic) bond motifs is 1. The van der Waals surface area contributed by atoms with E-state index in [1.165, 1.54) is 28.3 Å². The molecule has 0 aliphatic carbocycles. The summed E-state index contributed by atoms with van der Waals surface area (Å²) in [6.45, 7) is 6.43. The summed E-state index contributed by atoms with van der Waals surface area (Å²) in [5, 5.41) is 5.04. The van der Waals surface area contributed by atoms with Gasteiger partial charge in [0.2, 0.25) is 11.1 Å². The number of aryl methyl sites for hydroxylation is 2. The van der Waals surface area contributed by atoms with Gasteiger partial charge in [-0.1, -0.05) is 43.3 Å². The molecule has 154 valence electrons. The minimum atomic E-state index is -0.308. The first kappa shape index (κ1) is 21.2. The van der Waals surface area contributed by atoms with Gasteiger partial charge in [0, 0.05) is 30.5 Å². The van der Waals surface area contributed by atoms with Crippen LogP contribution in [0.15, 0.2) is 29.4 Å². The number of carbonyl (C=O) groups is 1. The molecule has 3 aromatic rings. The van der Waals surface area contributed by atoms with Gasteiger partial charge in [0.1, 0.15) is 5.82 Å². The molecule has 2 aromatic heterocycles. The van der Waals surface area contributed by atoms with Crippen molar-refractivity contribution in [3.63, 3.8) is 0 Å². The molecule has 8 heteroatoms. The average molecular weight is 416 g/mol. The summed E-state index contributed by atoms with van der Waals surface area (Å²) < 4.78 is 15.5. The van der Waals surface area contributed by atoms with Gasteiger partial charge in [-0.25, -0.2) is 13.9 Å². The van der Waals surface area contributed by atoms with Crippen molar-refractivity contribution in [1.82, 2.24) is 24.5 Å². The number of amides is 1. The molecular formula is C21H26FN5OS. The molecule has 0 radical (unpaired) electrons. The number of nitrogens with zero attached hydrogens (tertiary/aromatic N) is 5. The lowest BCUT2D eigenvalue weighted by molar-refractivity contribution is -0.127. The number of thioether (sulfide) groups is 1. The maximum absolute atomic E-state index is 13.8. The monoisotopic (exact) mass is 415 g/mol. The Labute approximate surface area is 174 Å². The van der Waals surface area contributed by atoms with Gasteiger partial charge in [-0.2, -0.15) is 4.98 Å². The summed E-state index contributed by atoms with van der Waals surface area (Å²) in [5.41, 5.74) is 3.73. The van der Waals surface area contributed by atoms with Gasteiger partial charge in [0.25, 0.3) is 5.78 Å². The predicted octanol–water partition coefficient (Wildman–Crippen LogP) is 3.97. The topological polar surface area (TPSA) is 63.4 Å². The van der Waals surface area contributed by atoms with Crippen LogP contribution in [0.2, 0.25) is 0 Å². The number of aromatic nitrogens is 4. The first-order valence-corrected chi connectivity index (χ1v) is 10.7. The molecule has 1 amide bonds. The molecule has 6 nitrogen and oxygen atoms in total. The number of halogens is 1. The molecule has 0 N–H and O–H groups in total. The van der Waals surface area contributed by atoms with E-state index in [9.17, 15) is 9.18 Å². The second-order valence-electron chi connectivity index (χ2n) is 7.10. The predicted molar refractivity (Wildman–Crippen MR) is 112 cm³/mol.